The SMILES string of the molecule is Cn1c(C(NC(=O)COCCOc2ccccc2)c2ccccc2)nc2ccccc21. The van der Waals surface area contributed by atoms with Crippen LogP contribution in [0.2, 0.25) is 0 Å². The van der Waals surface area contributed by atoms with Crippen molar-refractivity contribution in [3.63, 3.8) is 0 Å². The second-order valence-corrected chi connectivity index (χ2v) is 7.14. The summed E-state index contributed by atoms with van der Waals surface area (Å²) in [4.78, 5) is 17.4. The normalized spacial score (nSPS) is 11.9. The van der Waals surface area contributed by atoms with Gasteiger partial charge in [0.1, 0.15) is 30.8 Å². The second-order valence-electron chi connectivity index (χ2n) is 7.14. The van der Waals surface area contributed by atoms with Crippen LogP contribution in [0.4, 0.5) is 0 Å². The zero-order chi connectivity index (χ0) is 21.5. The Morgan fingerprint density at radius 3 is 2.35 bits per heavy atom. The van der Waals surface area contributed by atoms with Crippen LogP contribution in [0.5, 0.6) is 5.75 Å². The first-order valence-electron chi connectivity index (χ1n) is 10.2. The molecule has 0 bridgehead atoms. The van der Waals surface area contributed by atoms with E-state index >= 15 is 0 Å². The highest BCUT2D eigenvalue weighted by Gasteiger charge is 2.22. The van der Waals surface area contributed by atoms with E-state index in [9.17, 15) is 4.79 Å². The lowest BCUT2D eigenvalue weighted by Gasteiger charge is -2.19. The lowest BCUT2D eigenvalue weighted by atomic mass is 10.1. The van der Waals surface area contributed by atoms with Crippen LogP contribution < -0.4 is 10.1 Å². The van der Waals surface area contributed by atoms with Gasteiger partial charge in [-0.3, -0.25) is 4.79 Å². The first-order chi connectivity index (χ1) is 15.2. The number of aromatic nitrogens is 2. The Morgan fingerprint density at radius 2 is 1.61 bits per heavy atom. The molecule has 1 unspecified atom stereocenters. The second kappa shape index (κ2) is 9.91. The van der Waals surface area contributed by atoms with Gasteiger partial charge in [0.2, 0.25) is 5.91 Å². The molecular formula is C25H25N3O3. The van der Waals surface area contributed by atoms with E-state index < -0.39 is 0 Å². The summed E-state index contributed by atoms with van der Waals surface area (Å²) in [5, 5.41) is 3.07. The number of benzene rings is 3. The largest absolute Gasteiger partial charge is 0.491 e. The van der Waals surface area contributed by atoms with Crippen molar-refractivity contribution in [1.29, 1.82) is 0 Å². The summed E-state index contributed by atoms with van der Waals surface area (Å²) < 4.78 is 13.1. The average Bonchev–Trinajstić information content (AvgIpc) is 3.15. The Labute approximate surface area is 181 Å². The number of rotatable bonds is 9. The molecule has 3 aromatic carbocycles. The molecule has 0 radical (unpaired) electrons. The highest BCUT2D eigenvalue weighted by Crippen LogP contribution is 2.24. The van der Waals surface area contributed by atoms with Crippen LogP contribution in [0.3, 0.4) is 0 Å². The van der Waals surface area contributed by atoms with Crippen molar-refractivity contribution in [2.75, 3.05) is 19.8 Å². The van der Waals surface area contributed by atoms with Crippen molar-refractivity contribution >= 4 is 16.9 Å². The summed E-state index contributed by atoms with van der Waals surface area (Å²) >= 11 is 0. The maximum absolute atomic E-state index is 12.6. The van der Waals surface area contributed by atoms with Gasteiger partial charge in [0.25, 0.3) is 0 Å². The number of ether oxygens (including phenoxy) is 2. The number of hydrogen-bond donors (Lipinski definition) is 1. The Balaban J connectivity index is 1.40. The Morgan fingerprint density at radius 1 is 0.935 bits per heavy atom. The molecule has 31 heavy (non-hydrogen) atoms. The first kappa shape index (κ1) is 20.6. The van der Waals surface area contributed by atoms with Crippen LogP contribution in [-0.2, 0) is 16.6 Å². The van der Waals surface area contributed by atoms with Gasteiger partial charge in [-0.1, -0.05) is 60.7 Å². The van der Waals surface area contributed by atoms with Gasteiger partial charge in [0, 0.05) is 7.05 Å². The number of fused-ring (bicyclic) bond motifs is 1. The Bertz CT molecular complexity index is 1130. The summed E-state index contributed by atoms with van der Waals surface area (Å²) in [5.41, 5.74) is 2.87. The highest BCUT2D eigenvalue weighted by atomic mass is 16.5. The Hall–Kier alpha value is -3.64. The monoisotopic (exact) mass is 415 g/mol. The summed E-state index contributed by atoms with van der Waals surface area (Å²) in [7, 11) is 1.96. The molecule has 0 aliphatic rings. The number of imidazole rings is 1. The average molecular weight is 415 g/mol. The molecule has 0 saturated carbocycles. The molecule has 0 aliphatic heterocycles. The lowest BCUT2D eigenvalue weighted by Crippen LogP contribution is -2.34. The molecule has 0 aliphatic carbocycles. The van der Waals surface area contributed by atoms with Crippen LogP contribution in [0.1, 0.15) is 17.4 Å². The van der Waals surface area contributed by atoms with E-state index in [1.54, 1.807) is 0 Å². The topological polar surface area (TPSA) is 65.4 Å². The van der Waals surface area contributed by atoms with Crippen LogP contribution in [0, 0.1) is 0 Å². The molecule has 6 nitrogen and oxygen atoms in total. The molecule has 4 aromatic rings. The molecule has 1 N–H and O–H groups in total. The van der Waals surface area contributed by atoms with E-state index in [1.165, 1.54) is 0 Å². The predicted octanol–water partition coefficient (Wildman–Crippen LogP) is 3.87. The number of amides is 1. The number of nitrogens with zero attached hydrogens (tertiary/aromatic N) is 2. The van der Waals surface area contributed by atoms with Crippen molar-refractivity contribution in [3.8, 4) is 5.75 Å². The van der Waals surface area contributed by atoms with Crippen molar-refractivity contribution < 1.29 is 14.3 Å². The van der Waals surface area contributed by atoms with Gasteiger partial charge in [-0.05, 0) is 29.8 Å². The van der Waals surface area contributed by atoms with Crippen LogP contribution in [-0.4, -0.2) is 35.3 Å². The minimum Gasteiger partial charge on any atom is -0.491 e. The summed E-state index contributed by atoms with van der Waals surface area (Å²) in [6.45, 7) is 0.653. The molecule has 0 spiro atoms. The minimum atomic E-state index is -0.379. The highest BCUT2D eigenvalue weighted by molar-refractivity contribution is 5.79. The van der Waals surface area contributed by atoms with Crippen molar-refractivity contribution in [2.24, 2.45) is 7.05 Å². The molecule has 4 rings (SSSR count). The van der Waals surface area contributed by atoms with E-state index in [0.29, 0.717) is 13.2 Å². The van der Waals surface area contributed by atoms with E-state index in [2.05, 4.69) is 5.32 Å². The summed E-state index contributed by atoms with van der Waals surface area (Å²) in [5.74, 6) is 1.34. The number of carbonyl (C=O) groups excluding carboxylic acids is 1. The lowest BCUT2D eigenvalue weighted by molar-refractivity contribution is -0.126. The molecule has 158 valence electrons. The molecule has 0 fully saturated rings. The van der Waals surface area contributed by atoms with E-state index in [-0.39, 0.29) is 18.6 Å². The summed E-state index contributed by atoms with van der Waals surface area (Å²) in [6, 6.07) is 26.9. The van der Waals surface area contributed by atoms with Crippen LogP contribution in [0.15, 0.2) is 84.9 Å². The molecule has 1 aromatic heterocycles. The zero-order valence-corrected chi connectivity index (χ0v) is 17.4. The fourth-order valence-corrected chi connectivity index (χ4v) is 3.47. The number of para-hydroxylation sites is 3. The fourth-order valence-electron chi connectivity index (χ4n) is 3.47. The van der Waals surface area contributed by atoms with Gasteiger partial charge < -0.3 is 19.4 Å². The van der Waals surface area contributed by atoms with Gasteiger partial charge in [0.15, 0.2) is 0 Å². The van der Waals surface area contributed by atoms with Gasteiger partial charge >= 0.3 is 0 Å². The van der Waals surface area contributed by atoms with E-state index in [4.69, 9.17) is 14.5 Å². The molecule has 0 saturated heterocycles. The molecule has 1 amide bonds. The number of aryl methyl sites for hydroxylation is 1. The first-order valence-corrected chi connectivity index (χ1v) is 10.2. The Kier molecular flexibility index (Phi) is 6.59. The maximum atomic E-state index is 12.6. The zero-order valence-electron chi connectivity index (χ0n) is 17.4. The van der Waals surface area contributed by atoms with Gasteiger partial charge in [-0.25, -0.2) is 4.98 Å². The van der Waals surface area contributed by atoms with Gasteiger partial charge in [0.05, 0.1) is 17.6 Å². The number of carbonyl (C=O) groups is 1. The molecule has 1 atom stereocenters. The van der Waals surface area contributed by atoms with Gasteiger partial charge in [-0.15, -0.1) is 0 Å². The van der Waals surface area contributed by atoms with Crippen molar-refractivity contribution in [1.82, 2.24) is 14.9 Å². The van der Waals surface area contributed by atoms with Crippen molar-refractivity contribution in [3.05, 3.63) is 96.3 Å². The van der Waals surface area contributed by atoms with Crippen LogP contribution >= 0.6 is 0 Å². The minimum absolute atomic E-state index is 0.0502. The van der Waals surface area contributed by atoms with E-state index in [0.717, 1.165) is 28.2 Å². The third-order valence-electron chi connectivity index (χ3n) is 4.99. The third kappa shape index (κ3) is 5.10. The quantitative estimate of drug-likeness (QED) is 0.422. The van der Waals surface area contributed by atoms with Crippen molar-refractivity contribution in [2.45, 2.75) is 6.04 Å². The molecular weight excluding hydrogens is 390 g/mol. The molecule has 6 heteroatoms. The standard InChI is InChI=1S/C25H25N3O3/c1-28-22-15-9-8-14-21(22)26-25(28)24(19-10-4-2-5-11-19)27-23(29)18-30-16-17-31-20-12-6-3-7-13-20/h2-15,24H,16-18H2,1H3,(H,27,29). The molecule has 1 heterocycles. The predicted molar refractivity (Wildman–Crippen MR) is 120 cm³/mol. The number of nitrogens with one attached hydrogen (secondary N) is 1. The van der Waals surface area contributed by atoms with E-state index in [1.807, 2.05) is 96.5 Å². The third-order valence-corrected chi connectivity index (χ3v) is 4.99. The summed E-state index contributed by atoms with van der Waals surface area (Å²) in [6.07, 6.45) is 0. The maximum Gasteiger partial charge on any atom is 0.246 e. The van der Waals surface area contributed by atoms with Crippen LogP contribution in [0.25, 0.3) is 11.0 Å². The van der Waals surface area contributed by atoms with Gasteiger partial charge in [-0.2, -0.15) is 0 Å². The number of hydrogen-bond acceptors (Lipinski definition) is 4. The smallest absolute Gasteiger partial charge is 0.246 e. The fraction of sp³-hybridized carbons (Fsp3) is 0.200.